The Kier molecular flexibility index (Phi) is 2.79. The molecule has 0 fully saturated rings. The fourth-order valence-corrected chi connectivity index (χ4v) is 2.07. The van der Waals surface area contributed by atoms with Crippen LogP contribution in [0.3, 0.4) is 0 Å². The van der Waals surface area contributed by atoms with E-state index in [2.05, 4.69) is 23.1 Å². The van der Waals surface area contributed by atoms with Crippen molar-refractivity contribution in [2.75, 3.05) is 19.0 Å². The van der Waals surface area contributed by atoms with Crippen LogP contribution in [0.1, 0.15) is 5.56 Å². The van der Waals surface area contributed by atoms with Gasteiger partial charge in [0.05, 0.1) is 0 Å². The number of nitrogens with zero attached hydrogens (tertiary/aromatic N) is 1. The topological polar surface area (TPSA) is 29.3 Å². The summed E-state index contributed by atoms with van der Waals surface area (Å²) in [4.78, 5) is 2.53. The first-order valence-corrected chi connectivity index (χ1v) is 5.51. The van der Waals surface area contributed by atoms with E-state index in [4.69, 9.17) is 18.0 Å². The summed E-state index contributed by atoms with van der Waals surface area (Å²) in [6.45, 7) is 0. The van der Waals surface area contributed by atoms with E-state index >= 15 is 0 Å². The number of benzene rings is 2. The number of thiocarbonyl (C=S) groups is 1. The Morgan fingerprint density at radius 2 is 1.69 bits per heavy atom. The van der Waals surface area contributed by atoms with Crippen LogP contribution in [0.5, 0.6) is 0 Å². The van der Waals surface area contributed by atoms with Gasteiger partial charge in [0.2, 0.25) is 0 Å². The molecule has 0 unspecified atom stereocenters. The molecule has 2 nitrogen and oxygen atoms in total. The van der Waals surface area contributed by atoms with Crippen LogP contribution in [0.15, 0.2) is 36.4 Å². The van der Waals surface area contributed by atoms with Crippen molar-refractivity contribution in [2.24, 2.45) is 5.73 Å². The van der Waals surface area contributed by atoms with E-state index < -0.39 is 0 Å². The summed E-state index contributed by atoms with van der Waals surface area (Å²) in [6, 6.07) is 12.2. The molecule has 2 aromatic rings. The third-order valence-corrected chi connectivity index (χ3v) is 2.87. The predicted molar refractivity (Wildman–Crippen MR) is 74.2 cm³/mol. The molecule has 0 aliphatic carbocycles. The van der Waals surface area contributed by atoms with Gasteiger partial charge in [0.1, 0.15) is 4.99 Å². The highest BCUT2D eigenvalue weighted by atomic mass is 32.1. The molecule has 0 aromatic heterocycles. The lowest BCUT2D eigenvalue weighted by Crippen LogP contribution is -2.13. The zero-order chi connectivity index (χ0) is 11.7. The Balaban J connectivity index is 2.82. The third-order valence-electron chi connectivity index (χ3n) is 2.65. The average Bonchev–Trinajstić information content (AvgIpc) is 2.27. The van der Waals surface area contributed by atoms with Crippen LogP contribution >= 0.6 is 12.2 Å². The van der Waals surface area contributed by atoms with Crippen LogP contribution in [0.2, 0.25) is 0 Å². The Morgan fingerprint density at radius 3 is 2.25 bits per heavy atom. The number of hydrogen-bond donors (Lipinski definition) is 1. The Hall–Kier alpha value is -1.61. The smallest absolute Gasteiger partial charge is 0.104 e. The summed E-state index contributed by atoms with van der Waals surface area (Å²) in [5, 5.41) is 2.29. The molecule has 0 saturated heterocycles. The highest BCUT2D eigenvalue weighted by Gasteiger charge is 2.07. The number of rotatable bonds is 2. The third kappa shape index (κ3) is 1.74. The molecule has 0 amide bonds. The van der Waals surface area contributed by atoms with Gasteiger partial charge in [-0.1, -0.05) is 36.5 Å². The summed E-state index contributed by atoms with van der Waals surface area (Å²) >= 11 is 5.06. The van der Waals surface area contributed by atoms with Crippen molar-refractivity contribution in [1.82, 2.24) is 0 Å². The number of fused-ring (bicyclic) bond motifs is 1. The van der Waals surface area contributed by atoms with Crippen molar-refractivity contribution in [3.63, 3.8) is 0 Å². The minimum Gasteiger partial charge on any atom is -0.389 e. The molecule has 3 heteroatoms. The monoisotopic (exact) mass is 230 g/mol. The van der Waals surface area contributed by atoms with Gasteiger partial charge < -0.3 is 10.6 Å². The second-order valence-electron chi connectivity index (χ2n) is 3.94. The Bertz CT molecular complexity index is 547. The molecule has 0 saturated carbocycles. The Labute approximate surface area is 101 Å². The molecule has 0 atom stereocenters. The quantitative estimate of drug-likeness (QED) is 0.804. The molecular weight excluding hydrogens is 216 g/mol. The van der Waals surface area contributed by atoms with E-state index in [1.54, 1.807) is 0 Å². The lowest BCUT2D eigenvalue weighted by molar-refractivity contribution is 1.14. The maximum atomic E-state index is 5.72. The molecule has 0 spiro atoms. The largest absolute Gasteiger partial charge is 0.389 e. The van der Waals surface area contributed by atoms with Crippen LogP contribution < -0.4 is 10.6 Å². The first kappa shape index (κ1) is 10.9. The fraction of sp³-hybridized carbons (Fsp3) is 0.154. The summed E-state index contributed by atoms with van der Waals surface area (Å²) < 4.78 is 0. The summed E-state index contributed by atoms with van der Waals surface area (Å²) in [6.07, 6.45) is 0. The molecule has 0 aliphatic rings. The summed E-state index contributed by atoms with van der Waals surface area (Å²) in [5.74, 6) is 0. The van der Waals surface area contributed by atoms with Crippen molar-refractivity contribution in [3.8, 4) is 0 Å². The first-order valence-electron chi connectivity index (χ1n) is 5.10. The highest BCUT2D eigenvalue weighted by Crippen LogP contribution is 2.28. The summed E-state index contributed by atoms with van der Waals surface area (Å²) in [5.41, 5.74) is 7.84. The molecule has 82 valence electrons. The number of nitrogens with two attached hydrogens (primary N) is 1. The molecule has 16 heavy (non-hydrogen) atoms. The molecule has 2 rings (SSSR count). The zero-order valence-electron chi connectivity index (χ0n) is 9.40. The minimum absolute atomic E-state index is 0.446. The predicted octanol–water partition coefficient (Wildman–Crippen LogP) is 2.54. The van der Waals surface area contributed by atoms with Crippen LogP contribution in [0, 0.1) is 0 Å². The fourth-order valence-electron chi connectivity index (χ4n) is 1.89. The highest BCUT2D eigenvalue weighted by molar-refractivity contribution is 7.80. The van der Waals surface area contributed by atoms with Gasteiger partial charge in [0.25, 0.3) is 0 Å². The van der Waals surface area contributed by atoms with Crippen LogP contribution in [0.25, 0.3) is 10.8 Å². The van der Waals surface area contributed by atoms with Gasteiger partial charge in [-0.3, -0.25) is 0 Å². The standard InChI is InChI=1S/C13H14N2S/c1-15(2)12-8-7-11(13(14)16)9-5-3-4-6-10(9)12/h3-8H,1-2H3,(H2,14,16). The molecule has 0 aliphatic heterocycles. The second kappa shape index (κ2) is 4.10. The lowest BCUT2D eigenvalue weighted by Gasteiger charge is -2.17. The maximum absolute atomic E-state index is 5.72. The van der Waals surface area contributed by atoms with Gasteiger partial charge in [-0.25, -0.2) is 0 Å². The SMILES string of the molecule is CN(C)c1ccc(C(N)=S)c2ccccc12. The van der Waals surface area contributed by atoms with Crippen molar-refractivity contribution >= 4 is 33.7 Å². The lowest BCUT2D eigenvalue weighted by atomic mass is 10.0. The number of hydrogen-bond acceptors (Lipinski definition) is 2. The molecule has 2 N–H and O–H groups in total. The van der Waals surface area contributed by atoms with E-state index in [0.29, 0.717) is 4.99 Å². The first-order chi connectivity index (χ1) is 7.61. The van der Waals surface area contributed by atoms with Crippen molar-refractivity contribution in [2.45, 2.75) is 0 Å². The summed E-state index contributed by atoms with van der Waals surface area (Å²) in [7, 11) is 4.06. The molecule has 2 aromatic carbocycles. The van der Waals surface area contributed by atoms with Crippen molar-refractivity contribution in [3.05, 3.63) is 42.0 Å². The van der Waals surface area contributed by atoms with Gasteiger partial charge in [-0.05, 0) is 17.5 Å². The van der Waals surface area contributed by atoms with Crippen molar-refractivity contribution < 1.29 is 0 Å². The van der Waals surface area contributed by atoms with Crippen molar-refractivity contribution in [1.29, 1.82) is 0 Å². The normalized spacial score (nSPS) is 10.4. The van der Waals surface area contributed by atoms with E-state index in [1.807, 2.05) is 32.3 Å². The minimum atomic E-state index is 0.446. The second-order valence-corrected chi connectivity index (χ2v) is 4.38. The van der Waals surface area contributed by atoms with Gasteiger partial charge >= 0.3 is 0 Å². The van der Waals surface area contributed by atoms with E-state index in [0.717, 1.165) is 10.9 Å². The van der Waals surface area contributed by atoms with E-state index in [-0.39, 0.29) is 0 Å². The Morgan fingerprint density at radius 1 is 1.06 bits per heavy atom. The average molecular weight is 230 g/mol. The molecular formula is C13H14N2S. The van der Waals surface area contributed by atoms with Gasteiger partial charge in [-0.2, -0.15) is 0 Å². The zero-order valence-corrected chi connectivity index (χ0v) is 10.2. The number of anilines is 1. The van der Waals surface area contributed by atoms with E-state index in [9.17, 15) is 0 Å². The van der Waals surface area contributed by atoms with Gasteiger partial charge in [0, 0.05) is 30.7 Å². The molecule has 0 bridgehead atoms. The molecule has 0 radical (unpaired) electrons. The van der Waals surface area contributed by atoms with E-state index in [1.165, 1.54) is 11.1 Å². The van der Waals surface area contributed by atoms with Crippen LogP contribution in [-0.4, -0.2) is 19.1 Å². The van der Waals surface area contributed by atoms with Crippen LogP contribution in [-0.2, 0) is 0 Å². The van der Waals surface area contributed by atoms with Crippen LogP contribution in [0.4, 0.5) is 5.69 Å². The van der Waals surface area contributed by atoms with Gasteiger partial charge in [0.15, 0.2) is 0 Å². The maximum Gasteiger partial charge on any atom is 0.104 e. The van der Waals surface area contributed by atoms with Gasteiger partial charge in [-0.15, -0.1) is 0 Å². The molecule has 0 heterocycles.